The third-order valence-electron chi connectivity index (χ3n) is 2.61. The number of nitrogens with one attached hydrogen (secondary N) is 1. The van der Waals surface area contributed by atoms with Crippen molar-refractivity contribution in [1.82, 2.24) is 0 Å². The summed E-state index contributed by atoms with van der Waals surface area (Å²) in [6.45, 7) is 0.153. The predicted octanol–water partition coefficient (Wildman–Crippen LogP) is 3.58. The third kappa shape index (κ3) is 3.96. The molecular formula is C15H13ClFNO2. The molecule has 0 radical (unpaired) electrons. The molecule has 0 aliphatic heterocycles. The van der Waals surface area contributed by atoms with Gasteiger partial charge in [-0.05, 0) is 30.3 Å². The van der Waals surface area contributed by atoms with E-state index < -0.39 is 0 Å². The predicted molar refractivity (Wildman–Crippen MR) is 76.5 cm³/mol. The summed E-state index contributed by atoms with van der Waals surface area (Å²) in [5.74, 6) is -0.0618. The molecule has 0 heterocycles. The molecule has 2 aromatic carbocycles. The SMILES string of the molecule is O=C(CCl)Nc1ccc(OCc2ccccc2F)cc1. The van der Waals surface area contributed by atoms with Crippen LogP contribution in [-0.2, 0) is 11.4 Å². The first-order valence-corrected chi connectivity index (χ1v) is 6.54. The number of benzene rings is 2. The van der Waals surface area contributed by atoms with Gasteiger partial charge in [0.05, 0.1) is 0 Å². The maximum Gasteiger partial charge on any atom is 0.239 e. The van der Waals surface area contributed by atoms with E-state index in [1.807, 2.05) is 0 Å². The van der Waals surface area contributed by atoms with Gasteiger partial charge >= 0.3 is 0 Å². The van der Waals surface area contributed by atoms with Crippen molar-refractivity contribution in [1.29, 1.82) is 0 Å². The van der Waals surface area contributed by atoms with Gasteiger partial charge in [-0.15, -0.1) is 11.6 Å². The number of carbonyl (C=O) groups is 1. The fourth-order valence-corrected chi connectivity index (χ4v) is 1.67. The van der Waals surface area contributed by atoms with E-state index in [0.29, 0.717) is 17.0 Å². The second-order valence-corrected chi connectivity index (χ2v) is 4.35. The van der Waals surface area contributed by atoms with E-state index in [0.717, 1.165) is 0 Å². The van der Waals surface area contributed by atoms with E-state index in [-0.39, 0.29) is 24.2 Å². The van der Waals surface area contributed by atoms with Crippen LogP contribution in [0.3, 0.4) is 0 Å². The molecule has 0 aliphatic rings. The van der Waals surface area contributed by atoms with Crippen molar-refractivity contribution in [2.45, 2.75) is 6.61 Å². The molecule has 3 nitrogen and oxygen atoms in total. The lowest BCUT2D eigenvalue weighted by atomic mass is 10.2. The summed E-state index contributed by atoms with van der Waals surface area (Å²) >= 11 is 5.39. The molecule has 104 valence electrons. The average Bonchev–Trinajstić information content (AvgIpc) is 2.48. The number of carbonyl (C=O) groups excluding carboxylic acids is 1. The lowest BCUT2D eigenvalue weighted by Crippen LogP contribution is -2.12. The van der Waals surface area contributed by atoms with Crippen molar-refractivity contribution in [3.8, 4) is 5.75 Å². The Balaban J connectivity index is 1.94. The van der Waals surface area contributed by atoms with Crippen LogP contribution in [0.15, 0.2) is 48.5 Å². The van der Waals surface area contributed by atoms with Crippen molar-refractivity contribution in [3.63, 3.8) is 0 Å². The van der Waals surface area contributed by atoms with Gasteiger partial charge in [-0.25, -0.2) is 4.39 Å². The minimum atomic E-state index is -0.293. The Bertz CT molecular complexity index is 587. The molecule has 0 aliphatic carbocycles. The summed E-state index contributed by atoms with van der Waals surface area (Å²) in [6, 6.07) is 13.2. The highest BCUT2D eigenvalue weighted by molar-refractivity contribution is 6.29. The molecule has 0 unspecified atom stereocenters. The number of rotatable bonds is 5. The van der Waals surface area contributed by atoms with Crippen LogP contribution in [0.25, 0.3) is 0 Å². The summed E-state index contributed by atoms with van der Waals surface area (Å²) in [5, 5.41) is 2.62. The molecule has 0 saturated heterocycles. The Hall–Kier alpha value is -2.07. The minimum Gasteiger partial charge on any atom is -0.489 e. The van der Waals surface area contributed by atoms with Gasteiger partial charge in [0.2, 0.25) is 5.91 Å². The number of halogens is 2. The van der Waals surface area contributed by atoms with Crippen LogP contribution in [0.4, 0.5) is 10.1 Å². The Labute approximate surface area is 121 Å². The van der Waals surface area contributed by atoms with Crippen LogP contribution in [-0.4, -0.2) is 11.8 Å². The normalized spacial score (nSPS) is 10.1. The monoisotopic (exact) mass is 293 g/mol. The molecule has 1 N–H and O–H groups in total. The Morgan fingerprint density at radius 2 is 1.85 bits per heavy atom. The number of amides is 1. The topological polar surface area (TPSA) is 38.3 Å². The van der Waals surface area contributed by atoms with Crippen LogP contribution >= 0.6 is 11.6 Å². The van der Waals surface area contributed by atoms with Crippen LogP contribution in [0.2, 0.25) is 0 Å². The van der Waals surface area contributed by atoms with Crippen LogP contribution in [0.5, 0.6) is 5.75 Å². The quantitative estimate of drug-likeness (QED) is 0.856. The largest absolute Gasteiger partial charge is 0.489 e. The van der Waals surface area contributed by atoms with E-state index in [9.17, 15) is 9.18 Å². The number of ether oxygens (including phenoxy) is 1. The van der Waals surface area contributed by atoms with E-state index in [1.54, 1.807) is 42.5 Å². The van der Waals surface area contributed by atoms with Crippen molar-refractivity contribution < 1.29 is 13.9 Å². The van der Waals surface area contributed by atoms with E-state index >= 15 is 0 Å². The zero-order valence-electron chi connectivity index (χ0n) is 10.6. The zero-order valence-corrected chi connectivity index (χ0v) is 11.4. The molecule has 0 spiro atoms. The molecular weight excluding hydrogens is 281 g/mol. The fraction of sp³-hybridized carbons (Fsp3) is 0.133. The second-order valence-electron chi connectivity index (χ2n) is 4.09. The smallest absolute Gasteiger partial charge is 0.239 e. The molecule has 0 saturated carbocycles. The van der Waals surface area contributed by atoms with Crippen molar-refractivity contribution >= 4 is 23.2 Å². The first-order chi connectivity index (χ1) is 9.69. The summed E-state index contributed by atoms with van der Waals surface area (Å²) in [5.41, 5.74) is 1.13. The van der Waals surface area contributed by atoms with Gasteiger partial charge in [-0.1, -0.05) is 18.2 Å². The number of hydrogen-bond acceptors (Lipinski definition) is 2. The highest BCUT2D eigenvalue weighted by Gasteiger charge is 2.03. The summed E-state index contributed by atoms with van der Waals surface area (Å²) in [7, 11) is 0. The summed E-state index contributed by atoms with van der Waals surface area (Å²) in [6.07, 6.45) is 0. The van der Waals surface area contributed by atoms with Gasteiger partial charge in [0.15, 0.2) is 0 Å². The van der Waals surface area contributed by atoms with Gasteiger partial charge in [0, 0.05) is 11.3 Å². The Morgan fingerprint density at radius 1 is 1.15 bits per heavy atom. The molecule has 5 heteroatoms. The van der Waals surface area contributed by atoms with Crippen molar-refractivity contribution in [2.24, 2.45) is 0 Å². The van der Waals surface area contributed by atoms with Gasteiger partial charge in [-0.3, -0.25) is 4.79 Å². The Morgan fingerprint density at radius 3 is 2.50 bits per heavy atom. The molecule has 2 aromatic rings. The molecule has 0 bridgehead atoms. The number of hydrogen-bond donors (Lipinski definition) is 1. The maximum absolute atomic E-state index is 13.4. The molecule has 1 amide bonds. The van der Waals surface area contributed by atoms with Crippen LogP contribution in [0.1, 0.15) is 5.56 Å². The van der Waals surface area contributed by atoms with Gasteiger partial charge in [0.25, 0.3) is 0 Å². The van der Waals surface area contributed by atoms with E-state index in [2.05, 4.69) is 5.32 Å². The molecule has 2 rings (SSSR count). The molecule has 20 heavy (non-hydrogen) atoms. The summed E-state index contributed by atoms with van der Waals surface area (Å²) < 4.78 is 18.9. The first kappa shape index (κ1) is 14.3. The lowest BCUT2D eigenvalue weighted by molar-refractivity contribution is -0.113. The van der Waals surface area contributed by atoms with E-state index in [1.165, 1.54) is 6.07 Å². The van der Waals surface area contributed by atoms with Gasteiger partial charge in [-0.2, -0.15) is 0 Å². The molecule has 0 fully saturated rings. The standard InChI is InChI=1S/C15H13ClFNO2/c16-9-15(19)18-12-5-7-13(8-6-12)20-10-11-3-1-2-4-14(11)17/h1-8H,9-10H2,(H,18,19). The fourth-order valence-electron chi connectivity index (χ4n) is 1.61. The lowest BCUT2D eigenvalue weighted by Gasteiger charge is -2.08. The minimum absolute atomic E-state index is 0.0917. The Kier molecular flexibility index (Phi) is 4.96. The molecule has 0 aromatic heterocycles. The van der Waals surface area contributed by atoms with Crippen molar-refractivity contribution in [2.75, 3.05) is 11.2 Å². The highest BCUT2D eigenvalue weighted by atomic mass is 35.5. The van der Waals surface area contributed by atoms with Gasteiger partial charge in [0.1, 0.15) is 24.1 Å². The number of alkyl halides is 1. The van der Waals surface area contributed by atoms with Crippen molar-refractivity contribution in [3.05, 3.63) is 59.9 Å². The van der Waals surface area contributed by atoms with Crippen LogP contribution < -0.4 is 10.1 Å². The number of anilines is 1. The average molecular weight is 294 g/mol. The van der Waals surface area contributed by atoms with Crippen LogP contribution in [0, 0.1) is 5.82 Å². The third-order valence-corrected chi connectivity index (χ3v) is 2.85. The first-order valence-electron chi connectivity index (χ1n) is 6.01. The van der Waals surface area contributed by atoms with Gasteiger partial charge < -0.3 is 10.1 Å². The maximum atomic E-state index is 13.4. The zero-order chi connectivity index (χ0) is 14.4. The second kappa shape index (κ2) is 6.91. The van der Waals surface area contributed by atoms with E-state index in [4.69, 9.17) is 16.3 Å². The molecule has 0 atom stereocenters. The summed E-state index contributed by atoms with van der Waals surface area (Å²) in [4.78, 5) is 11.1. The highest BCUT2D eigenvalue weighted by Crippen LogP contribution is 2.17.